The second kappa shape index (κ2) is 8.06. The summed E-state index contributed by atoms with van der Waals surface area (Å²) in [5, 5.41) is 0. The van der Waals surface area contributed by atoms with Gasteiger partial charge in [-0.25, -0.2) is 4.99 Å². The number of thiazole rings is 1. The highest BCUT2D eigenvalue weighted by Crippen LogP contribution is 2.25. The van der Waals surface area contributed by atoms with Crippen molar-refractivity contribution in [2.75, 3.05) is 7.11 Å². The molecule has 0 radical (unpaired) electrons. The van der Waals surface area contributed by atoms with Gasteiger partial charge in [0, 0.05) is 12.7 Å². The Bertz CT molecular complexity index is 1060. The molecule has 0 aliphatic carbocycles. The van der Waals surface area contributed by atoms with Crippen molar-refractivity contribution in [3.05, 3.63) is 101 Å². The van der Waals surface area contributed by atoms with Gasteiger partial charge in [0.05, 0.1) is 17.7 Å². The van der Waals surface area contributed by atoms with Crippen molar-refractivity contribution in [1.82, 2.24) is 4.57 Å². The largest absolute Gasteiger partial charge is 0.497 e. The molecule has 0 saturated heterocycles. The molecule has 27 heavy (non-hydrogen) atoms. The van der Waals surface area contributed by atoms with Gasteiger partial charge in [0.15, 0.2) is 4.80 Å². The Balaban J connectivity index is 1.77. The second-order valence-corrected chi connectivity index (χ2v) is 7.18. The van der Waals surface area contributed by atoms with Crippen LogP contribution in [-0.2, 0) is 6.54 Å². The molecule has 3 nitrogen and oxygen atoms in total. The number of rotatable bonds is 5. The fourth-order valence-corrected chi connectivity index (χ4v) is 3.88. The topological polar surface area (TPSA) is 26.5 Å². The average molecular weight is 372 g/mol. The van der Waals surface area contributed by atoms with Crippen LogP contribution in [-0.4, -0.2) is 11.7 Å². The predicted molar refractivity (Wildman–Crippen MR) is 112 cm³/mol. The lowest BCUT2D eigenvalue weighted by atomic mass is 10.2. The molecule has 0 bridgehead atoms. The minimum atomic E-state index is 0.791. The van der Waals surface area contributed by atoms with E-state index in [1.807, 2.05) is 48.5 Å². The van der Waals surface area contributed by atoms with E-state index in [0.29, 0.717) is 0 Å². The van der Waals surface area contributed by atoms with E-state index in [4.69, 9.17) is 9.73 Å². The molecule has 0 spiro atoms. The lowest BCUT2D eigenvalue weighted by molar-refractivity contribution is 0.415. The summed E-state index contributed by atoms with van der Waals surface area (Å²) in [7, 11) is 1.69. The minimum absolute atomic E-state index is 0.791. The Kier molecular flexibility index (Phi) is 5.17. The summed E-state index contributed by atoms with van der Waals surface area (Å²) in [5.74, 6) is 0.863. The summed E-state index contributed by atoms with van der Waals surface area (Å²) >= 11 is 1.70. The molecular formula is C23H20N2OS. The number of hydrogen-bond acceptors (Lipinski definition) is 3. The van der Waals surface area contributed by atoms with Crippen LogP contribution in [0.15, 0.2) is 96.1 Å². The molecule has 3 aromatic carbocycles. The van der Waals surface area contributed by atoms with E-state index in [9.17, 15) is 0 Å². The van der Waals surface area contributed by atoms with Gasteiger partial charge in [-0.15, -0.1) is 0 Å². The summed E-state index contributed by atoms with van der Waals surface area (Å²) < 4.78 is 7.49. The van der Waals surface area contributed by atoms with Crippen LogP contribution in [0.5, 0.6) is 5.75 Å². The quantitative estimate of drug-likeness (QED) is 0.454. The van der Waals surface area contributed by atoms with Crippen molar-refractivity contribution in [3.8, 4) is 16.2 Å². The van der Waals surface area contributed by atoms with Gasteiger partial charge in [0.2, 0.25) is 0 Å². The summed E-state index contributed by atoms with van der Waals surface area (Å²) in [6.07, 6.45) is 2.18. The zero-order valence-electron chi connectivity index (χ0n) is 15.1. The van der Waals surface area contributed by atoms with E-state index in [2.05, 4.69) is 47.2 Å². The summed E-state index contributed by atoms with van der Waals surface area (Å²) in [5.41, 5.74) is 3.38. The Morgan fingerprint density at radius 1 is 0.852 bits per heavy atom. The highest BCUT2D eigenvalue weighted by Gasteiger charge is 2.07. The van der Waals surface area contributed by atoms with E-state index in [1.165, 1.54) is 10.4 Å². The smallest absolute Gasteiger partial charge is 0.190 e. The van der Waals surface area contributed by atoms with Crippen LogP contribution in [0, 0.1) is 0 Å². The highest BCUT2D eigenvalue weighted by atomic mass is 32.1. The Morgan fingerprint density at radius 3 is 2.19 bits per heavy atom. The van der Waals surface area contributed by atoms with E-state index in [1.54, 1.807) is 18.4 Å². The molecule has 4 rings (SSSR count). The molecule has 0 aliphatic rings. The Labute approximate surface area is 162 Å². The first-order valence-electron chi connectivity index (χ1n) is 8.80. The van der Waals surface area contributed by atoms with Gasteiger partial charge in [0.25, 0.3) is 0 Å². The van der Waals surface area contributed by atoms with Crippen molar-refractivity contribution in [2.45, 2.75) is 6.54 Å². The summed E-state index contributed by atoms with van der Waals surface area (Å²) in [4.78, 5) is 7.04. The molecule has 0 saturated carbocycles. The second-order valence-electron chi connectivity index (χ2n) is 6.17. The molecule has 0 N–H and O–H groups in total. The average Bonchev–Trinajstić information content (AvgIpc) is 3.12. The molecule has 0 amide bonds. The minimum Gasteiger partial charge on any atom is -0.497 e. The normalized spacial score (nSPS) is 11.5. The van der Waals surface area contributed by atoms with Crippen LogP contribution in [0.2, 0.25) is 0 Å². The predicted octanol–water partition coefficient (Wildman–Crippen LogP) is 5.51. The maximum Gasteiger partial charge on any atom is 0.190 e. The van der Waals surface area contributed by atoms with Crippen LogP contribution in [0.1, 0.15) is 5.56 Å². The molecular weight excluding hydrogens is 352 g/mol. The third-order valence-corrected chi connectivity index (χ3v) is 5.34. The van der Waals surface area contributed by atoms with E-state index in [-0.39, 0.29) is 0 Å². The van der Waals surface area contributed by atoms with Crippen LogP contribution in [0.25, 0.3) is 10.4 Å². The van der Waals surface area contributed by atoms with Crippen molar-refractivity contribution < 1.29 is 4.74 Å². The number of benzene rings is 3. The number of para-hydroxylation sites is 1. The number of ether oxygens (including phenoxy) is 1. The number of methoxy groups -OCH3 is 1. The van der Waals surface area contributed by atoms with Crippen LogP contribution < -0.4 is 9.54 Å². The van der Waals surface area contributed by atoms with Gasteiger partial charge < -0.3 is 9.30 Å². The molecule has 1 heterocycles. The summed E-state index contributed by atoms with van der Waals surface area (Å²) in [6, 6.07) is 28.7. The van der Waals surface area contributed by atoms with E-state index >= 15 is 0 Å². The van der Waals surface area contributed by atoms with Crippen LogP contribution in [0.4, 0.5) is 5.69 Å². The monoisotopic (exact) mass is 372 g/mol. The molecule has 0 atom stereocenters. The van der Waals surface area contributed by atoms with E-state index < -0.39 is 0 Å². The van der Waals surface area contributed by atoms with Crippen LogP contribution in [0.3, 0.4) is 0 Å². The van der Waals surface area contributed by atoms with Crippen molar-refractivity contribution in [2.24, 2.45) is 4.99 Å². The third-order valence-electron chi connectivity index (χ3n) is 4.27. The molecule has 134 valence electrons. The number of hydrogen-bond donors (Lipinski definition) is 0. The Morgan fingerprint density at radius 2 is 1.52 bits per heavy atom. The molecule has 4 aromatic rings. The van der Waals surface area contributed by atoms with Gasteiger partial charge >= 0.3 is 0 Å². The van der Waals surface area contributed by atoms with Crippen molar-refractivity contribution in [1.29, 1.82) is 0 Å². The third kappa shape index (κ3) is 4.18. The first-order valence-corrected chi connectivity index (χ1v) is 9.62. The van der Waals surface area contributed by atoms with Crippen LogP contribution >= 0.6 is 11.3 Å². The molecule has 4 heteroatoms. The fourth-order valence-electron chi connectivity index (χ4n) is 2.86. The lowest BCUT2D eigenvalue weighted by Gasteiger charge is -2.03. The Hall–Kier alpha value is -3.11. The lowest BCUT2D eigenvalue weighted by Crippen LogP contribution is -2.14. The number of aromatic nitrogens is 1. The molecule has 0 unspecified atom stereocenters. The molecule has 0 aliphatic heterocycles. The van der Waals surface area contributed by atoms with Gasteiger partial charge in [-0.3, -0.25) is 0 Å². The maximum atomic E-state index is 5.27. The maximum absolute atomic E-state index is 5.27. The zero-order valence-corrected chi connectivity index (χ0v) is 15.9. The molecule has 1 aromatic heterocycles. The standard InChI is InChI=1S/C23H20N2OS/c1-26-21-14-12-19(13-15-21)22-17-25(16-18-8-4-2-5-9-18)23(27-22)24-20-10-6-3-7-11-20/h2-15,17H,16H2,1H3. The highest BCUT2D eigenvalue weighted by molar-refractivity contribution is 7.12. The first-order chi connectivity index (χ1) is 13.3. The zero-order chi connectivity index (χ0) is 18.5. The van der Waals surface area contributed by atoms with Gasteiger partial charge in [0.1, 0.15) is 5.75 Å². The SMILES string of the molecule is COc1ccc(-c2cn(Cc3ccccc3)c(=Nc3ccccc3)s2)cc1. The van der Waals surface area contributed by atoms with Crippen molar-refractivity contribution in [3.63, 3.8) is 0 Å². The molecule has 0 fully saturated rings. The summed E-state index contributed by atoms with van der Waals surface area (Å²) in [6.45, 7) is 0.791. The van der Waals surface area contributed by atoms with Gasteiger partial charge in [-0.2, -0.15) is 0 Å². The van der Waals surface area contributed by atoms with Gasteiger partial charge in [-0.1, -0.05) is 59.9 Å². The first kappa shape index (κ1) is 17.3. The number of nitrogens with zero attached hydrogens (tertiary/aromatic N) is 2. The fraction of sp³-hybridized carbons (Fsp3) is 0.0870. The van der Waals surface area contributed by atoms with Crippen molar-refractivity contribution >= 4 is 17.0 Å². The van der Waals surface area contributed by atoms with E-state index in [0.717, 1.165) is 28.3 Å². The van der Waals surface area contributed by atoms with Gasteiger partial charge in [-0.05, 0) is 47.5 Å².